The summed E-state index contributed by atoms with van der Waals surface area (Å²) >= 11 is 0. The Morgan fingerprint density at radius 2 is 2.00 bits per heavy atom. The number of amides is 1. The number of carbonyl (C=O) groups excluding carboxylic acids is 1. The van der Waals surface area contributed by atoms with E-state index < -0.39 is 5.41 Å². The molecular formula is C20H22FN3O. The maximum atomic E-state index is 13.8. The van der Waals surface area contributed by atoms with Crippen LogP contribution in [0.1, 0.15) is 38.6 Å². The molecule has 0 saturated heterocycles. The lowest BCUT2D eigenvalue weighted by molar-refractivity contribution is -0.124. The summed E-state index contributed by atoms with van der Waals surface area (Å²) in [5.74, 6) is 0.440. The lowest BCUT2D eigenvalue weighted by Crippen LogP contribution is -2.29. The molecule has 0 saturated carbocycles. The lowest BCUT2D eigenvalue weighted by Gasteiger charge is -2.21. The molecule has 0 radical (unpaired) electrons. The van der Waals surface area contributed by atoms with Gasteiger partial charge in [0.25, 0.3) is 0 Å². The van der Waals surface area contributed by atoms with E-state index in [-0.39, 0.29) is 11.7 Å². The van der Waals surface area contributed by atoms with Gasteiger partial charge in [0.15, 0.2) is 0 Å². The van der Waals surface area contributed by atoms with Gasteiger partial charge in [-0.05, 0) is 36.2 Å². The van der Waals surface area contributed by atoms with E-state index in [9.17, 15) is 9.18 Å². The molecular weight excluding hydrogens is 317 g/mol. The molecule has 25 heavy (non-hydrogen) atoms. The normalized spacial score (nSPS) is 11.7. The number of nitrogens with zero attached hydrogens (tertiary/aromatic N) is 1. The van der Waals surface area contributed by atoms with Crippen LogP contribution in [0.3, 0.4) is 0 Å². The van der Waals surface area contributed by atoms with Crippen molar-refractivity contribution in [3.8, 4) is 0 Å². The van der Waals surface area contributed by atoms with E-state index in [0.717, 1.165) is 23.1 Å². The van der Waals surface area contributed by atoms with Crippen LogP contribution in [-0.4, -0.2) is 15.9 Å². The van der Waals surface area contributed by atoms with E-state index in [2.05, 4.69) is 15.3 Å². The molecule has 3 rings (SSSR count). The summed E-state index contributed by atoms with van der Waals surface area (Å²) in [5, 5.41) is 2.95. The van der Waals surface area contributed by atoms with Crippen LogP contribution in [0.15, 0.2) is 42.5 Å². The highest BCUT2D eigenvalue weighted by Gasteiger charge is 2.25. The second-order valence-corrected chi connectivity index (χ2v) is 6.88. The number of hydrogen-bond donors (Lipinski definition) is 2. The smallest absolute Gasteiger partial charge is 0.230 e. The van der Waals surface area contributed by atoms with Crippen molar-refractivity contribution < 1.29 is 9.18 Å². The monoisotopic (exact) mass is 339 g/mol. The van der Waals surface area contributed by atoms with Crippen molar-refractivity contribution in [2.45, 2.75) is 33.6 Å². The first kappa shape index (κ1) is 17.1. The van der Waals surface area contributed by atoms with E-state index >= 15 is 0 Å². The van der Waals surface area contributed by atoms with Crippen LogP contribution < -0.4 is 5.32 Å². The number of anilines is 1. The summed E-state index contributed by atoms with van der Waals surface area (Å²) < 4.78 is 13.8. The minimum absolute atomic E-state index is 0.0135. The number of fused-ring (bicyclic) bond motifs is 1. The van der Waals surface area contributed by atoms with Gasteiger partial charge in [0.1, 0.15) is 11.6 Å². The molecule has 130 valence electrons. The molecule has 5 heteroatoms. The Hall–Kier alpha value is -2.69. The third-order valence-electron chi connectivity index (χ3n) is 4.60. The van der Waals surface area contributed by atoms with Crippen LogP contribution >= 0.6 is 0 Å². The average molecular weight is 339 g/mol. The molecule has 3 aromatic rings. The van der Waals surface area contributed by atoms with Crippen LogP contribution in [0.2, 0.25) is 0 Å². The van der Waals surface area contributed by atoms with Gasteiger partial charge in [-0.1, -0.05) is 39.0 Å². The molecule has 0 bridgehead atoms. The molecule has 0 atom stereocenters. The van der Waals surface area contributed by atoms with Crippen LogP contribution in [0, 0.1) is 11.2 Å². The van der Waals surface area contributed by atoms with Gasteiger partial charge in [0.2, 0.25) is 5.91 Å². The maximum absolute atomic E-state index is 13.8. The molecule has 1 heterocycles. The summed E-state index contributed by atoms with van der Waals surface area (Å²) in [6, 6.07) is 12.2. The highest BCUT2D eigenvalue weighted by molar-refractivity contribution is 5.96. The van der Waals surface area contributed by atoms with E-state index in [1.54, 1.807) is 12.1 Å². The number of rotatable bonds is 5. The highest BCUT2D eigenvalue weighted by atomic mass is 19.1. The second-order valence-electron chi connectivity index (χ2n) is 6.88. The maximum Gasteiger partial charge on any atom is 0.230 e. The quantitative estimate of drug-likeness (QED) is 0.710. The van der Waals surface area contributed by atoms with Crippen molar-refractivity contribution in [2.75, 3.05) is 5.32 Å². The Kier molecular flexibility index (Phi) is 4.57. The average Bonchev–Trinajstić information content (AvgIpc) is 2.98. The van der Waals surface area contributed by atoms with Crippen LogP contribution in [0.5, 0.6) is 0 Å². The third-order valence-corrected chi connectivity index (χ3v) is 4.60. The number of H-pyrrole nitrogens is 1. The Morgan fingerprint density at radius 1 is 1.24 bits per heavy atom. The predicted molar refractivity (Wildman–Crippen MR) is 98.0 cm³/mol. The number of benzene rings is 2. The number of aromatic nitrogens is 2. The molecule has 1 aromatic heterocycles. The fourth-order valence-corrected chi connectivity index (χ4v) is 2.51. The number of aromatic amines is 1. The van der Waals surface area contributed by atoms with Gasteiger partial charge in [0.05, 0.1) is 11.0 Å². The van der Waals surface area contributed by atoms with Gasteiger partial charge < -0.3 is 10.3 Å². The fourth-order valence-electron chi connectivity index (χ4n) is 2.51. The minimum atomic E-state index is -0.418. The van der Waals surface area contributed by atoms with Crippen molar-refractivity contribution >= 4 is 22.6 Å². The summed E-state index contributed by atoms with van der Waals surface area (Å²) in [6.45, 7) is 5.83. The standard InChI is InChI=1S/C20H22FN3O/c1-4-20(2,3)19(25)22-14-9-10-16-17(12-14)24-18(23-16)11-13-7-5-6-8-15(13)21/h5-10,12H,4,11H2,1-3H3,(H,22,25)(H,23,24). The van der Waals surface area contributed by atoms with E-state index in [0.29, 0.717) is 17.8 Å². The largest absolute Gasteiger partial charge is 0.342 e. The Labute approximate surface area is 146 Å². The number of hydrogen-bond acceptors (Lipinski definition) is 2. The van der Waals surface area contributed by atoms with Crippen LogP contribution in [-0.2, 0) is 11.2 Å². The van der Waals surface area contributed by atoms with Gasteiger partial charge >= 0.3 is 0 Å². The molecule has 2 N–H and O–H groups in total. The zero-order valence-electron chi connectivity index (χ0n) is 14.7. The van der Waals surface area contributed by atoms with E-state index in [4.69, 9.17) is 0 Å². The number of imidazole rings is 1. The van der Waals surface area contributed by atoms with Gasteiger partial charge in [-0.2, -0.15) is 0 Å². The van der Waals surface area contributed by atoms with Crippen molar-refractivity contribution in [2.24, 2.45) is 5.41 Å². The van der Waals surface area contributed by atoms with Gasteiger partial charge in [-0.15, -0.1) is 0 Å². The first-order valence-electron chi connectivity index (χ1n) is 8.42. The lowest BCUT2D eigenvalue weighted by atomic mass is 9.89. The van der Waals surface area contributed by atoms with Crippen LogP contribution in [0.25, 0.3) is 11.0 Å². The first-order chi connectivity index (χ1) is 11.9. The zero-order valence-corrected chi connectivity index (χ0v) is 14.7. The van der Waals surface area contributed by atoms with Crippen molar-refractivity contribution in [3.63, 3.8) is 0 Å². The molecule has 4 nitrogen and oxygen atoms in total. The molecule has 0 aliphatic heterocycles. The third kappa shape index (κ3) is 3.71. The van der Waals surface area contributed by atoms with Crippen molar-refractivity contribution in [1.29, 1.82) is 0 Å². The number of carbonyl (C=O) groups is 1. The summed E-state index contributed by atoms with van der Waals surface area (Å²) in [4.78, 5) is 20.0. The van der Waals surface area contributed by atoms with E-state index in [1.807, 2.05) is 45.0 Å². The summed E-state index contributed by atoms with van der Waals surface area (Å²) in [6.07, 6.45) is 1.16. The van der Waals surface area contributed by atoms with Gasteiger partial charge in [-0.25, -0.2) is 9.37 Å². The Balaban J connectivity index is 1.82. The molecule has 2 aromatic carbocycles. The fraction of sp³-hybridized carbons (Fsp3) is 0.300. The molecule has 1 amide bonds. The molecule has 0 aliphatic rings. The summed E-state index contributed by atoms with van der Waals surface area (Å²) in [7, 11) is 0. The first-order valence-corrected chi connectivity index (χ1v) is 8.42. The van der Waals surface area contributed by atoms with Crippen LogP contribution in [0.4, 0.5) is 10.1 Å². The predicted octanol–water partition coefficient (Wildman–Crippen LogP) is 4.67. The topological polar surface area (TPSA) is 57.8 Å². The molecule has 0 spiro atoms. The minimum Gasteiger partial charge on any atom is -0.342 e. The van der Waals surface area contributed by atoms with Crippen molar-refractivity contribution in [3.05, 3.63) is 59.7 Å². The van der Waals surface area contributed by atoms with Crippen molar-refractivity contribution in [1.82, 2.24) is 9.97 Å². The molecule has 0 aliphatic carbocycles. The molecule has 0 unspecified atom stereocenters. The number of nitrogens with one attached hydrogen (secondary N) is 2. The van der Waals surface area contributed by atoms with Gasteiger partial charge in [0, 0.05) is 17.5 Å². The summed E-state index contributed by atoms with van der Waals surface area (Å²) in [5.41, 5.74) is 2.51. The Morgan fingerprint density at radius 3 is 2.72 bits per heavy atom. The molecule has 0 fully saturated rings. The van der Waals surface area contributed by atoms with Gasteiger partial charge in [-0.3, -0.25) is 4.79 Å². The zero-order chi connectivity index (χ0) is 18.0. The number of halogens is 1. The van der Waals surface area contributed by atoms with E-state index in [1.165, 1.54) is 6.07 Å². The highest BCUT2D eigenvalue weighted by Crippen LogP contribution is 2.24. The Bertz CT molecular complexity index is 914. The second kappa shape index (κ2) is 6.67. The SMILES string of the molecule is CCC(C)(C)C(=O)Nc1ccc2nc(Cc3ccccc3F)[nH]c2c1.